The number of aromatic nitrogens is 2. The molecule has 1 aromatic heterocycles. The van der Waals surface area contributed by atoms with Crippen molar-refractivity contribution in [3.8, 4) is 5.75 Å². The average molecular weight is 311 g/mol. The van der Waals surface area contributed by atoms with Crippen LogP contribution < -0.4 is 9.64 Å². The Balaban J connectivity index is 1.95. The number of ether oxygens (including phenoxy) is 1. The van der Waals surface area contributed by atoms with Gasteiger partial charge in [-0.1, -0.05) is 0 Å². The first-order valence-corrected chi connectivity index (χ1v) is 7.87. The minimum absolute atomic E-state index is 0.0833. The molecule has 0 unspecified atom stereocenters. The Hall–Kier alpha value is -2.43. The predicted octanol–water partition coefficient (Wildman–Crippen LogP) is 3.24. The van der Waals surface area contributed by atoms with E-state index in [1.165, 1.54) is 12.8 Å². The minimum atomic E-state index is -0.0833. The molecule has 0 radical (unpaired) electrons. The van der Waals surface area contributed by atoms with Crippen LogP contribution in [-0.4, -0.2) is 29.0 Å². The molecule has 2 aromatic rings. The zero-order valence-electron chi connectivity index (χ0n) is 13.7. The molecule has 1 aliphatic rings. The summed E-state index contributed by atoms with van der Waals surface area (Å²) in [6, 6.07) is 9.41. The maximum atomic E-state index is 13.0. The van der Waals surface area contributed by atoms with Crippen LogP contribution in [0.3, 0.4) is 0 Å². The second kappa shape index (κ2) is 6.36. The molecule has 1 atom stereocenters. The van der Waals surface area contributed by atoms with Gasteiger partial charge < -0.3 is 9.64 Å². The van der Waals surface area contributed by atoms with E-state index in [0.717, 1.165) is 11.4 Å². The van der Waals surface area contributed by atoms with E-state index in [0.29, 0.717) is 17.4 Å². The molecule has 23 heavy (non-hydrogen) atoms. The highest BCUT2D eigenvalue weighted by molar-refractivity contribution is 6.05. The van der Waals surface area contributed by atoms with Crippen LogP contribution in [-0.2, 0) is 0 Å². The highest BCUT2D eigenvalue weighted by atomic mass is 16.5. The van der Waals surface area contributed by atoms with Crippen molar-refractivity contribution in [1.29, 1.82) is 0 Å². The molecule has 0 bridgehead atoms. The van der Waals surface area contributed by atoms with E-state index in [9.17, 15) is 4.79 Å². The van der Waals surface area contributed by atoms with Crippen molar-refractivity contribution in [2.24, 2.45) is 5.92 Å². The van der Waals surface area contributed by atoms with Crippen molar-refractivity contribution in [3.05, 3.63) is 48.0 Å². The molecular formula is C18H21N3O2. The van der Waals surface area contributed by atoms with Gasteiger partial charge in [0.25, 0.3) is 5.91 Å². The summed E-state index contributed by atoms with van der Waals surface area (Å²) in [5, 5.41) is 0. The van der Waals surface area contributed by atoms with Gasteiger partial charge >= 0.3 is 0 Å². The zero-order valence-corrected chi connectivity index (χ0v) is 13.7. The average Bonchev–Trinajstić information content (AvgIpc) is 3.40. The molecular weight excluding hydrogens is 290 g/mol. The Morgan fingerprint density at radius 3 is 2.52 bits per heavy atom. The lowest BCUT2D eigenvalue weighted by Crippen LogP contribution is -2.40. The quantitative estimate of drug-likeness (QED) is 0.850. The molecule has 120 valence electrons. The monoisotopic (exact) mass is 311 g/mol. The third kappa shape index (κ3) is 3.33. The number of benzene rings is 1. The van der Waals surface area contributed by atoms with E-state index < -0.39 is 0 Å². The summed E-state index contributed by atoms with van der Waals surface area (Å²) in [4.78, 5) is 23.2. The molecule has 1 fully saturated rings. The Labute approximate surface area is 136 Å². The second-order valence-electron chi connectivity index (χ2n) is 5.94. The molecule has 1 aromatic carbocycles. The van der Waals surface area contributed by atoms with E-state index in [2.05, 4.69) is 16.9 Å². The molecule has 3 rings (SSSR count). The van der Waals surface area contributed by atoms with E-state index >= 15 is 0 Å². The fourth-order valence-electron chi connectivity index (χ4n) is 2.77. The van der Waals surface area contributed by atoms with E-state index in [-0.39, 0.29) is 11.9 Å². The van der Waals surface area contributed by atoms with Gasteiger partial charge in [-0.05, 0) is 62.9 Å². The zero-order chi connectivity index (χ0) is 16.4. The minimum Gasteiger partial charge on any atom is -0.497 e. The number of hydrogen-bond donors (Lipinski definition) is 0. The standard InChI is InChI=1S/C18H21N3O2/c1-12(14-4-5-14)21(15-6-8-16(23-3)9-7-15)18(22)17-10-11-19-13(2)20-17/h6-12,14H,4-5H2,1-3H3/t12-/m1/s1. The third-order valence-corrected chi connectivity index (χ3v) is 4.28. The first-order chi connectivity index (χ1) is 11.1. The van der Waals surface area contributed by atoms with Crippen LogP contribution in [0, 0.1) is 12.8 Å². The first-order valence-electron chi connectivity index (χ1n) is 7.87. The van der Waals surface area contributed by atoms with E-state index in [1.807, 2.05) is 29.2 Å². The van der Waals surface area contributed by atoms with Gasteiger partial charge in [-0.15, -0.1) is 0 Å². The number of nitrogens with zero attached hydrogens (tertiary/aromatic N) is 3. The second-order valence-corrected chi connectivity index (χ2v) is 5.94. The number of carbonyl (C=O) groups is 1. The van der Waals surface area contributed by atoms with Crippen molar-refractivity contribution in [3.63, 3.8) is 0 Å². The summed E-state index contributed by atoms with van der Waals surface area (Å²) in [5.74, 6) is 1.85. The summed E-state index contributed by atoms with van der Waals surface area (Å²) >= 11 is 0. The number of anilines is 1. The lowest BCUT2D eigenvalue weighted by molar-refractivity contribution is 0.0970. The normalized spacial score (nSPS) is 15.1. The van der Waals surface area contributed by atoms with Gasteiger partial charge in [-0.2, -0.15) is 0 Å². The highest BCUT2D eigenvalue weighted by Gasteiger charge is 2.35. The Kier molecular flexibility index (Phi) is 4.28. The van der Waals surface area contributed by atoms with E-state index in [4.69, 9.17) is 4.74 Å². The molecule has 5 nitrogen and oxygen atoms in total. The van der Waals surface area contributed by atoms with Crippen LogP contribution in [0.4, 0.5) is 5.69 Å². The fourth-order valence-corrected chi connectivity index (χ4v) is 2.77. The topological polar surface area (TPSA) is 55.3 Å². The summed E-state index contributed by atoms with van der Waals surface area (Å²) in [7, 11) is 1.63. The largest absolute Gasteiger partial charge is 0.497 e. The van der Waals surface area contributed by atoms with Crippen LogP contribution >= 0.6 is 0 Å². The smallest absolute Gasteiger partial charge is 0.277 e. The van der Waals surface area contributed by atoms with Crippen molar-refractivity contribution >= 4 is 11.6 Å². The van der Waals surface area contributed by atoms with Gasteiger partial charge in [0.1, 0.15) is 17.3 Å². The Bertz CT molecular complexity index is 696. The van der Waals surface area contributed by atoms with Gasteiger partial charge in [-0.3, -0.25) is 4.79 Å². The van der Waals surface area contributed by atoms with Crippen LogP contribution in [0.5, 0.6) is 5.75 Å². The number of rotatable bonds is 5. The molecule has 0 N–H and O–H groups in total. The van der Waals surface area contributed by atoms with Gasteiger partial charge in [0, 0.05) is 17.9 Å². The lowest BCUT2D eigenvalue weighted by atomic mass is 10.1. The fraction of sp³-hybridized carbons (Fsp3) is 0.389. The number of hydrogen-bond acceptors (Lipinski definition) is 4. The number of aryl methyl sites for hydroxylation is 1. The van der Waals surface area contributed by atoms with Crippen LogP contribution in [0.1, 0.15) is 36.1 Å². The maximum absolute atomic E-state index is 13.0. The molecule has 1 saturated carbocycles. The molecule has 1 heterocycles. The maximum Gasteiger partial charge on any atom is 0.277 e. The number of carbonyl (C=O) groups excluding carboxylic acids is 1. The third-order valence-electron chi connectivity index (χ3n) is 4.28. The molecule has 5 heteroatoms. The van der Waals surface area contributed by atoms with Gasteiger partial charge in [0.2, 0.25) is 0 Å². The molecule has 0 spiro atoms. The molecule has 1 aliphatic carbocycles. The van der Waals surface area contributed by atoms with Crippen molar-refractivity contribution < 1.29 is 9.53 Å². The SMILES string of the molecule is COc1ccc(N(C(=O)c2ccnc(C)n2)[C@H](C)C2CC2)cc1. The van der Waals surface area contributed by atoms with Gasteiger partial charge in [0.15, 0.2) is 0 Å². The van der Waals surface area contributed by atoms with Crippen LogP contribution in [0.15, 0.2) is 36.5 Å². The van der Waals surface area contributed by atoms with E-state index in [1.54, 1.807) is 26.3 Å². The van der Waals surface area contributed by atoms with Crippen molar-refractivity contribution in [2.45, 2.75) is 32.7 Å². The van der Waals surface area contributed by atoms with Crippen molar-refractivity contribution in [2.75, 3.05) is 12.0 Å². The molecule has 0 saturated heterocycles. The van der Waals surface area contributed by atoms with Crippen molar-refractivity contribution in [1.82, 2.24) is 9.97 Å². The van der Waals surface area contributed by atoms with Crippen LogP contribution in [0.2, 0.25) is 0 Å². The molecule has 1 amide bonds. The van der Waals surface area contributed by atoms with Gasteiger partial charge in [-0.25, -0.2) is 9.97 Å². The first kappa shape index (κ1) is 15.5. The summed E-state index contributed by atoms with van der Waals surface area (Å²) < 4.78 is 5.21. The Morgan fingerprint density at radius 1 is 1.26 bits per heavy atom. The number of amides is 1. The lowest BCUT2D eigenvalue weighted by Gasteiger charge is -2.29. The predicted molar refractivity (Wildman–Crippen MR) is 88.8 cm³/mol. The number of methoxy groups -OCH3 is 1. The summed E-state index contributed by atoms with van der Waals surface area (Å²) in [5.41, 5.74) is 1.30. The van der Waals surface area contributed by atoms with Crippen LogP contribution in [0.25, 0.3) is 0 Å². The highest BCUT2D eigenvalue weighted by Crippen LogP contribution is 2.37. The summed E-state index contributed by atoms with van der Waals surface area (Å²) in [6.45, 7) is 3.90. The molecule has 0 aliphatic heterocycles. The summed E-state index contributed by atoms with van der Waals surface area (Å²) in [6.07, 6.45) is 3.97. The van der Waals surface area contributed by atoms with Gasteiger partial charge in [0.05, 0.1) is 7.11 Å². The Morgan fingerprint density at radius 2 is 1.96 bits per heavy atom.